The molecule has 0 radical (unpaired) electrons. The highest BCUT2D eigenvalue weighted by Gasteiger charge is 2.28. The Balaban J connectivity index is 1.71. The van der Waals surface area contributed by atoms with Crippen molar-refractivity contribution in [2.75, 3.05) is 32.7 Å². The fourth-order valence-corrected chi connectivity index (χ4v) is 4.03. The van der Waals surface area contributed by atoms with Crippen LogP contribution in [0.5, 0.6) is 0 Å². The Morgan fingerprint density at radius 2 is 1.70 bits per heavy atom. The zero-order valence-electron chi connectivity index (χ0n) is 19.6. The molecule has 0 unspecified atom stereocenters. The number of hydrogen-bond donors (Lipinski definition) is 0. The van der Waals surface area contributed by atoms with Crippen molar-refractivity contribution < 1.29 is 18.8 Å². The maximum atomic E-state index is 13.2. The lowest BCUT2D eigenvalue weighted by Crippen LogP contribution is -2.37. The number of amides is 3. The average Bonchev–Trinajstić information content (AvgIpc) is 3.18. The van der Waals surface area contributed by atoms with Gasteiger partial charge in [0.15, 0.2) is 5.69 Å². The molecular weight excluding hydrogens is 425 g/mol. The first-order valence-corrected chi connectivity index (χ1v) is 11.6. The predicted molar refractivity (Wildman–Crippen MR) is 122 cm³/mol. The van der Waals surface area contributed by atoms with Gasteiger partial charge in [-0.15, -0.1) is 0 Å². The van der Waals surface area contributed by atoms with Crippen LogP contribution in [0, 0.1) is 5.82 Å². The molecule has 1 aromatic heterocycles. The Bertz CT molecular complexity index is 984. The number of hydrogen-bond acceptors (Lipinski definition) is 4. The van der Waals surface area contributed by atoms with Crippen molar-refractivity contribution in [1.82, 2.24) is 24.5 Å². The number of aromatic nitrogens is 2. The van der Waals surface area contributed by atoms with E-state index in [0.29, 0.717) is 57.9 Å². The van der Waals surface area contributed by atoms with Crippen LogP contribution >= 0.6 is 0 Å². The Morgan fingerprint density at radius 3 is 2.33 bits per heavy atom. The van der Waals surface area contributed by atoms with Gasteiger partial charge in [-0.05, 0) is 44.9 Å². The van der Waals surface area contributed by atoms with Gasteiger partial charge in [0, 0.05) is 58.3 Å². The van der Waals surface area contributed by atoms with Gasteiger partial charge in [-0.1, -0.05) is 12.1 Å². The van der Waals surface area contributed by atoms with Gasteiger partial charge in [0.25, 0.3) is 11.8 Å². The van der Waals surface area contributed by atoms with E-state index in [2.05, 4.69) is 5.10 Å². The second-order valence-corrected chi connectivity index (χ2v) is 8.05. The molecule has 178 valence electrons. The second kappa shape index (κ2) is 11.1. The van der Waals surface area contributed by atoms with Gasteiger partial charge in [0.05, 0.1) is 0 Å². The summed E-state index contributed by atoms with van der Waals surface area (Å²) >= 11 is 0. The van der Waals surface area contributed by atoms with Crippen LogP contribution in [0.3, 0.4) is 0 Å². The third-order valence-electron chi connectivity index (χ3n) is 5.97. The van der Waals surface area contributed by atoms with E-state index in [1.165, 1.54) is 12.1 Å². The molecule has 1 aliphatic heterocycles. The molecular formula is C24H32FN5O3. The predicted octanol–water partition coefficient (Wildman–Crippen LogP) is 2.79. The van der Waals surface area contributed by atoms with Crippen LogP contribution in [-0.2, 0) is 17.9 Å². The van der Waals surface area contributed by atoms with Gasteiger partial charge in [0.2, 0.25) is 5.91 Å². The summed E-state index contributed by atoms with van der Waals surface area (Å²) in [6.45, 7) is 9.18. The standard InChI is InChI=1S/C24H32FN5O3/c1-4-27(5-2)22(31)12-15-28(6-3)23(32)20-16-21-24(33)29(13-7-14-30(21)26-20)17-18-8-10-19(25)11-9-18/h8-11,16H,4-7,12-15,17H2,1-3H3. The molecule has 3 amide bonds. The minimum Gasteiger partial charge on any atom is -0.343 e. The fraction of sp³-hybridized carbons (Fsp3) is 0.500. The summed E-state index contributed by atoms with van der Waals surface area (Å²) in [6, 6.07) is 7.63. The summed E-state index contributed by atoms with van der Waals surface area (Å²) in [5, 5.41) is 4.41. The van der Waals surface area contributed by atoms with Crippen LogP contribution < -0.4 is 0 Å². The van der Waals surface area contributed by atoms with E-state index in [1.54, 1.807) is 37.6 Å². The van der Waals surface area contributed by atoms with Gasteiger partial charge >= 0.3 is 0 Å². The number of rotatable bonds is 9. The highest BCUT2D eigenvalue weighted by atomic mass is 19.1. The van der Waals surface area contributed by atoms with Crippen molar-refractivity contribution in [3.8, 4) is 0 Å². The molecule has 0 saturated heterocycles. The SMILES string of the molecule is CCN(CC)C(=O)CCN(CC)C(=O)c1cc2n(n1)CCCN(Cc1ccc(F)cc1)C2=O. The first kappa shape index (κ1) is 24.4. The smallest absolute Gasteiger partial charge is 0.274 e. The van der Waals surface area contributed by atoms with Crippen LogP contribution in [-0.4, -0.2) is 74.9 Å². The van der Waals surface area contributed by atoms with Crippen LogP contribution in [0.25, 0.3) is 0 Å². The quantitative estimate of drug-likeness (QED) is 0.580. The second-order valence-electron chi connectivity index (χ2n) is 8.05. The molecule has 8 nitrogen and oxygen atoms in total. The van der Waals surface area contributed by atoms with Crippen LogP contribution in [0.4, 0.5) is 4.39 Å². The summed E-state index contributed by atoms with van der Waals surface area (Å²) in [7, 11) is 0. The Labute approximate surface area is 193 Å². The molecule has 2 heterocycles. The molecule has 9 heteroatoms. The van der Waals surface area contributed by atoms with Crippen LogP contribution in [0.2, 0.25) is 0 Å². The topological polar surface area (TPSA) is 78.8 Å². The lowest BCUT2D eigenvalue weighted by molar-refractivity contribution is -0.131. The molecule has 1 aliphatic rings. The summed E-state index contributed by atoms with van der Waals surface area (Å²) in [5.74, 6) is -0.800. The average molecular weight is 458 g/mol. The highest BCUT2D eigenvalue weighted by molar-refractivity contribution is 5.98. The van der Waals surface area contributed by atoms with Crippen LogP contribution in [0.15, 0.2) is 30.3 Å². The van der Waals surface area contributed by atoms with Gasteiger partial charge < -0.3 is 14.7 Å². The Morgan fingerprint density at radius 1 is 1.03 bits per heavy atom. The number of halogens is 1. The molecule has 0 N–H and O–H groups in total. The summed E-state index contributed by atoms with van der Waals surface area (Å²) in [4.78, 5) is 43.6. The Hall–Kier alpha value is -3.23. The molecule has 1 aromatic carbocycles. The molecule has 0 atom stereocenters. The van der Waals surface area contributed by atoms with Crippen molar-refractivity contribution in [1.29, 1.82) is 0 Å². The monoisotopic (exact) mass is 457 g/mol. The van der Waals surface area contributed by atoms with Crippen molar-refractivity contribution >= 4 is 17.7 Å². The van der Waals surface area contributed by atoms with Gasteiger partial charge in [-0.25, -0.2) is 4.39 Å². The Kier molecular flexibility index (Phi) is 8.19. The molecule has 0 saturated carbocycles. The lowest BCUT2D eigenvalue weighted by atomic mass is 10.2. The first-order valence-electron chi connectivity index (χ1n) is 11.6. The fourth-order valence-electron chi connectivity index (χ4n) is 4.03. The highest BCUT2D eigenvalue weighted by Crippen LogP contribution is 2.18. The summed E-state index contributed by atoms with van der Waals surface area (Å²) in [5.41, 5.74) is 1.41. The molecule has 0 fully saturated rings. The normalized spacial score (nSPS) is 13.5. The molecule has 0 aliphatic carbocycles. The van der Waals surface area contributed by atoms with E-state index >= 15 is 0 Å². The number of carbonyl (C=O) groups excluding carboxylic acids is 3. The zero-order valence-corrected chi connectivity index (χ0v) is 19.6. The maximum Gasteiger partial charge on any atom is 0.274 e. The van der Waals surface area contributed by atoms with Crippen molar-refractivity contribution in [2.24, 2.45) is 0 Å². The summed E-state index contributed by atoms with van der Waals surface area (Å²) in [6.07, 6.45) is 0.949. The zero-order chi connectivity index (χ0) is 24.0. The first-order chi connectivity index (χ1) is 15.9. The molecule has 33 heavy (non-hydrogen) atoms. The van der Waals surface area contributed by atoms with E-state index in [0.717, 1.165) is 5.56 Å². The van der Waals surface area contributed by atoms with E-state index in [4.69, 9.17) is 0 Å². The number of carbonyl (C=O) groups is 3. The maximum absolute atomic E-state index is 13.2. The third kappa shape index (κ3) is 5.77. The van der Waals surface area contributed by atoms with Gasteiger partial charge in [-0.2, -0.15) is 5.10 Å². The van der Waals surface area contributed by atoms with Crippen LogP contribution in [0.1, 0.15) is 60.2 Å². The molecule has 0 spiro atoms. The van der Waals surface area contributed by atoms with E-state index in [1.807, 2.05) is 20.8 Å². The molecule has 2 aromatic rings. The molecule has 3 rings (SSSR count). The van der Waals surface area contributed by atoms with Crippen molar-refractivity contribution in [3.05, 3.63) is 53.1 Å². The number of benzene rings is 1. The van der Waals surface area contributed by atoms with Gasteiger partial charge in [0.1, 0.15) is 11.5 Å². The van der Waals surface area contributed by atoms with Crippen molar-refractivity contribution in [2.45, 2.75) is 46.7 Å². The number of aryl methyl sites for hydroxylation is 1. The molecule has 0 bridgehead atoms. The minimum atomic E-state index is -0.318. The van der Waals surface area contributed by atoms with Gasteiger partial charge in [-0.3, -0.25) is 19.1 Å². The lowest BCUT2D eigenvalue weighted by Gasteiger charge is -2.23. The van der Waals surface area contributed by atoms with E-state index in [9.17, 15) is 18.8 Å². The van der Waals surface area contributed by atoms with E-state index in [-0.39, 0.29) is 35.7 Å². The minimum absolute atomic E-state index is 0.0125. The third-order valence-corrected chi connectivity index (χ3v) is 5.97. The van der Waals surface area contributed by atoms with E-state index < -0.39 is 0 Å². The number of nitrogens with zero attached hydrogens (tertiary/aromatic N) is 5. The van der Waals surface area contributed by atoms with Crippen molar-refractivity contribution in [3.63, 3.8) is 0 Å². The number of fused-ring (bicyclic) bond motifs is 1. The summed E-state index contributed by atoms with van der Waals surface area (Å²) < 4.78 is 14.8. The largest absolute Gasteiger partial charge is 0.343 e.